The van der Waals surface area contributed by atoms with Crippen molar-refractivity contribution >= 4 is 6.03 Å². The molecule has 1 N–H and O–H groups in total. The Morgan fingerprint density at radius 1 is 0.895 bits per heavy atom. The van der Waals surface area contributed by atoms with Crippen LogP contribution in [0.5, 0.6) is 0 Å². The topological polar surface area (TPSA) is 60.0 Å². The molecule has 7 aliphatic rings. The molecule has 3 aliphatic heterocycles. The van der Waals surface area contributed by atoms with E-state index in [1.165, 1.54) is 51.4 Å². The van der Waals surface area contributed by atoms with Gasteiger partial charge in [-0.15, -0.1) is 0 Å². The molecule has 0 radical (unpaired) electrons. The third-order valence-electron chi connectivity index (χ3n) is 13.6. The maximum absolute atomic E-state index is 12.9. The molecule has 0 aromatic rings. The van der Waals surface area contributed by atoms with Gasteiger partial charge in [0.1, 0.15) is 0 Å². The summed E-state index contributed by atoms with van der Waals surface area (Å²) in [5.74, 6) is 4.74. The molecule has 0 unspecified atom stereocenters. The lowest BCUT2D eigenvalue weighted by Gasteiger charge is -2.61. The van der Waals surface area contributed by atoms with Gasteiger partial charge in [0.2, 0.25) is 0 Å². The molecule has 2 amide bonds. The molecule has 6 nitrogen and oxygen atoms in total. The Balaban J connectivity index is 1.03. The van der Waals surface area contributed by atoms with Crippen LogP contribution < -0.4 is 5.32 Å². The van der Waals surface area contributed by atoms with Crippen molar-refractivity contribution < 1.29 is 19.0 Å². The number of hydrogen-bond donors (Lipinski definition) is 1. The van der Waals surface area contributed by atoms with Crippen molar-refractivity contribution in [2.75, 3.05) is 32.9 Å². The van der Waals surface area contributed by atoms with Gasteiger partial charge >= 0.3 is 6.03 Å². The van der Waals surface area contributed by atoms with Crippen molar-refractivity contribution in [3.8, 4) is 0 Å². The first-order chi connectivity index (χ1) is 18.2. The molecule has 6 heteroatoms. The Hall–Kier alpha value is -0.850. The summed E-state index contributed by atoms with van der Waals surface area (Å²) in [6.45, 7) is 13.7. The standard InChI is InChI=1S/C32H52N2O4/c1-20-7-12-32(37-19-20)21(2)28-27(38-32)18-26-24-6-5-22-17-23(33-29(35)34-13-15-36-16-14-34)8-10-30(22,3)25(24)9-11-31(26,28)4/h20-28H,5-19H2,1-4H3,(H,33,35)/t20-,21-,22+,23-,24+,25-,26-,27-,28-,30-,31-,32+/m0/s1. The highest BCUT2D eigenvalue weighted by atomic mass is 16.7. The number of morpholine rings is 1. The fourth-order valence-electron chi connectivity index (χ4n) is 11.4. The first-order valence-electron chi connectivity index (χ1n) is 16.2. The minimum atomic E-state index is -0.305. The summed E-state index contributed by atoms with van der Waals surface area (Å²) >= 11 is 0. The number of fused-ring (bicyclic) bond motifs is 7. The van der Waals surface area contributed by atoms with Gasteiger partial charge < -0.3 is 24.4 Å². The second-order valence-corrected chi connectivity index (χ2v) is 15.2. The van der Waals surface area contributed by atoms with Crippen molar-refractivity contribution in [3.05, 3.63) is 0 Å². The number of carbonyl (C=O) groups is 1. The molecular formula is C32H52N2O4. The van der Waals surface area contributed by atoms with Crippen LogP contribution in [-0.4, -0.2) is 61.8 Å². The van der Waals surface area contributed by atoms with E-state index in [0.29, 0.717) is 53.9 Å². The Morgan fingerprint density at radius 3 is 2.45 bits per heavy atom. The molecular weight excluding hydrogens is 476 g/mol. The van der Waals surface area contributed by atoms with E-state index in [0.717, 1.165) is 56.2 Å². The molecule has 7 rings (SSSR count). The Labute approximate surface area is 230 Å². The van der Waals surface area contributed by atoms with Crippen LogP contribution in [0.25, 0.3) is 0 Å². The lowest BCUT2D eigenvalue weighted by Crippen LogP contribution is -2.57. The second-order valence-electron chi connectivity index (χ2n) is 15.2. The van der Waals surface area contributed by atoms with Crippen LogP contribution in [0.15, 0.2) is 0 Å². The number of ether oxygens (including phenoxy) is 3. The normalized spacial score (nSPS) is 54.1. The first-order valence-corrected chi connectivity index (χ1v) is 16.2. The molecule has 0 aromatic heterocycles. The highest BCUT2D eigenvalue weighted by Gasteiger charge is 2.69. The number of carbonyl (C=O) groups excluding carboxylic acids is 1. The summed E-state index contributed by atoms with van der Waals surface area (Å²) in [7, 11) is 0. The van der Waals surface area contributed by atoms with Gasteiger partial charge in [0, 0.05) is 31.5 Å². The van der Waals surface area contributed by atoms with Gasteiger partial charge in [-0.3, -0.25) is 0 Å². The van der Waals surface area contributed by atoms with Crippen molar-refractivity contribution in [1.82, 2.24) is 10.2 Å². The summed E-state index contributed by atoms with van der Waals surface area (Å²) in [6.07, 6.45) is 13.0. The molecule has 0 bridgehead atoms. The van der Waals surface area contributed by atoms with E-state index in [-0.39, 0.29) is 11.8 Å². The molecule has 1 spiro atoms. The lowest BCUT2D eigenvalue weighted by atomic mass is 9.44. The largest absolute Gasteiger partial charge is 0.378 e. The van der Waals surface area contributed by atoms with Crippen LogP contribution in [-0.2, 0) is 14.2 Å². The molecule has 214 valence electrons. The first kappa shape index (κ1) is 26.1. The summed E-state index contributed by atoms with van der Waals surface area (Å²) in [5, 5.41) is 3.42. The van der Waals surface area contributed by atoms with Gasteiger partial charge in [0.05, 0.1) is 25.9 Å². The number of nitrogens with one attached hydrogen (secondary N) is 1. The Bertz CT molecular complexity index is 913. The monoisotopic (exact) mass is 528 g/mol. The average Bonchev–Trinajstić information content (AvgIpc) is 3.36. The van der Waals surface area contributed by atoms with Crippen molar-refractivity contribution in [2.24, 2.45) is 52.3 Å². The van der Waals surface area contributed by atoms with E-state index in [1.807, 2.05) is 4.90 Å². The molecule has 3 saturated heterocycles. The third kappa shape index (κ3) is 3.85. The molecule has 12 atom stereocenters. The second kappa shape index (κ2) is 9.34. The summed E-state index contributed by atoms with van der Waals surface area (Å²) in [4.78, 5) is 14.8. The van der Waals surface area contributed by atoms with Gasteiger partial charge in [0.25, 0.3) is 0 Å². The highest BCUT2D eigenvalue weighted by molar-refractivity contribution is 5.74. The van der Waals surface area contributed by atoms with Crippen molar-refractivity contribution in [2.45, 2.75) is 110 Å². The van der Waals surface area contributed by atoms with Crippen LogP contribution in [0.2, 0.25) is 0 Å². The molecule has 38 heavy (non-hydrogen) atoms. The highest BCUT2D eigenvalue weighted by Crippen LogP contribution is 2.71. The molecule has 0 aromatic carbocycles. The number of urea groups is 1. The van der Waals surface area contributed by atoms with E-state index < -0.39 is 0 Å². The number of rotatable bonds is 1. The van der Waals surface area contributed by atoms with E-state index in [2.05, 4.69) is 33.0 Å². The number of hydrogen-bond acceptors (Lipinski definition) is 4. The van der Waals surface area contributed by atoms with Crippen molar-refractivity contribution in [1.29, 1.82) is 0 Å². The minimum Gasteiger partial charge on any atom is -0.378 e. The fraction of sp³-hybridized carbons (Fsp3) is 0.969. The van der Waals surface area contributed by atoms with Crippen LogP contribution in [0.1, 0.15) is 91.9 Å². The Kier molecular flexibility index (Phi) is 6.41. The average molecular weight is 529 g/mol. The molecule has 4 aliphatic carbocycles. The van der Waals surface area contributed by atoms with E-state index in [4.69, 9.17) is 14.2 Å². The van der Waals surface area contributed by atoms with Crippen LogP contribution in [0.4, 0.5) is 4.79 Å². The van der Waals surface area contributed by atoms with E-state index in [1.54, 1.807) is 0 Å². The van der Waals surface area contributed by atoms with Crippen LogP contribution >= 0.6 is 0 Å². The Morgan fingerprint density at radius 2 is 1.68 bits per heavy atom. The smallest absolute Gasteiger partial charge is 0.317 e. The maximum atomic E-state index is 12.9. The quantitative estimate of drug-likeness (QED) is 0.464. The zero-order valence-corrected chi connectivity index (χ0v) is 24.4. The predicted molar refractivity (Wildman–Crippen MR) is 146 cm³/mol. The summed E-state index contributed by atoms with van der Waals surface area (Å²) in [6, 6.07) is 0.466. The van der Waals surface area contributed by atoms with Gasteiger partial charge in [-0.1, -0.05) is 27.7 Å². The summed E-state index contributed by atoms with van der Waals surface area (Å²) in [5.41, 5.74) is 0.826. The number of nitrogens with zero attached hydrogens (tertiary/aromatic N) is 1. The van der Waals surface area contributed by atoms with Gasteiger partial charge in [-0.2, -0.15) is 0 Å². The van der Waals surface area contributed by atoms with Gasteiger partial charge in [0.15, 0.2) is 5.79 Å². The number of amides is 2. The maximum Gasteiger partial charge on any atom is 0.317 e. The molecule has 7 fully saturated rings. The van der Waals surface area contributed by atoms with Crippen LogP contribution in [0, 0.1) is 52.3 Å². The molecule has 4 saturated carbocycles. The van der Waals surface area contributed by atoms with Gasteiger partial charge in [-0.05, 0) is 104 Å². The van der Waals surface area contributed by atoms with Crippen LogP contribution in [0.3, 0.4) is 0 Å². The zero-order chi connectivity index (χ0) is 26.3. The fourth-order valence-corrected chi connectivity index (χ4v) is 11.4. The predicted octanol–water partition coefficient (Wildman–Crippen LogP) is 5.84. The SMILES string of the molecule is C[C@H]1CC[C@@]2(OC1)O[C@H]1C[C@H]3[C@@H]4CC[C@@H]5C[C@@H](NC(=O)N6CCOCC6)CC[C@]5(C)[C@H]4CC[C@]3(C)[C@H]1[C@@H]2C. The molecule has 3 heterocycles. The van der Waals surface area contributed by atoms with E-state index >= 15 is 0 Å². The summed E-state index contributed by atoms with van der Waals surface area (Å²) < 4.78 is 18.9. The van der Waals surface area contributed by atoms with Crippen molar-refractivity contribution in [3.63, 3.8) is 0 Å². The minimum absolute atomic E-state index is 0.129. The van der Waals surface area contributed by atoms with Gasteiger partial charge in [-0.25, -0.2) is 4.79 Å². The zero-order valence-electron chi connectivity index (χ0n) is 24.4. The lowest BCUT2D eigenvalue weighted by molar-refractivity contribution is -0.273. The van der Waals surface area contributed by atoms with E-state index in [9.17, 15) is 4.79 Å². The third-order valence-corrected chi connectivity index (χ3v) is 13.6.